The minimum absolute atomic E-state index is 0.191. The van der Waals surface area contributed by atoms with E-state index in [2.05, 4.69) is 16.2 Å². The number of aromatic nitrogens is 3. The molecule has 0 amide bonds. The average molecular weight is 394 g/mol. The minimum atomic E-state index is -3.39. The molecular formula is C20H18N4O3S. The van der Waals surface area contributed by atoms with Crippen molar-refractivity contribution in [3.63, 3.8) is 0 Å². The second kappa shape index (κ2) is 6.46. The molecular weight excluding hydrogens is 376 g/mol. The van der Waals surface area contributed by atoms with Gasteiger partial charge in [-0.25, -0.2) is 18.1 Å². The van der Waals surface area contributed by atoms with Crippen LogP contribution in [-0.2, 0) is 9.84 Å². The van der Waals surface area contributed by atoms with Gasteiger partial charge in [0.1, 0.15) is 0 Å². The Labute approximate surface area is 162 Å². The van der Waals surface area contributed by atoms with E-state index in [1.54, 1.807) is 37.3 Å². The Morgan fingerprint density at radius 3 is 2.50 bits per heavy atom. The first-order valence-electron chi connectivity index (χ1n) is 8.82. The monoisotopic (exact) mass is 394 g/mol. The lowest BCUT2D eigenvalue weighted by molar-refractivity contribution is 0.600. The van der Waals surface area contributed by atoms with Crippen LogP contribution in [0.4, 0.5) is 0 Å². The molecule has 142 valence electrons. The lowest BCUT2D eigenvalue weighted by atomic mass is 10.1. The zero-order valence-electron chi connectivity index (χ0n) is 15.4. The van der Waals surface area contributed by atoms with E-state index >= 15 is 0 Å². The maximum absolute atomic E-state index is 13.0. The second-order valence-corrected chi connectivity index (χ2v) is 9.05. The van der Waals surface area contributed by atoms with E-state index in [9.17, 15) is 13.2 Å². The number of pyridine rings is 1. The van der Waals surface area contributed by atoms with Crippen molar-refractivity contribution >= 4 is 9.84 Å². The zero-order chi connectivity index (χ0) is 20.1. The van der Waals surface area contributed by atoms with Crippen LogP contribution in [0, 0.1) is 18.3 Å². The van der Waals surface area contributed by atoms with Gasteiger partial charge in [-0.15, -0.1) is 0 Å². The van der Waals surface area contributed by atoms with E-state index in [0.29, 0.717) is 33.8 Å². The van der Waals surface area contributed by atoms with Gasteiger partial charge in [-0.3, -0.25) is 9.89 Å². The summed E-state index contributed by atoms with van der Waals surface area (Å²) in [6.07, 6.45) is 4.37. The smallest absolute Gasteiger partial charge is 0.280 e. The van der Waals surface area contributed by atoms with Gasteiger partial charge in [0.2, 0.25) is 0 Å². The summed E-state index contributed by atoms with van der Waals surface area (Å²) in [5.74, 6) is 0.554. The number of hydrogen-bond acceptors (Lipinski definition) is 5. The molecule has 7 nitrogen and oxygen atoms in total. The van der Waals surface area contributed by atoms with Crippen molar-refractivity contribution in [1.82, 2.24) is 14.8 Å². The van der Waals surface area contributed by atoms with E-state index in [0.717, 1.165) is 12.8 Å². The first-order valence-corrected chi connectivity index (χ1v) is 10.7. The van der Waals surface area contributed by atoms with Gasteiger partial charge >= 0.3 is 0 Å². The SMILES string of the molecule is Cc1[nH]n(-c2cc(C3CC3)c(S(C)(=O)=O)cn2)c(=O)c1-c1ccc(C#N)cc1. The summed E-state index contributed by atoms with van der Waals surface area (Å²) in [7, 11) is -3.39. The average Bonchev–Trinajstić information content (AvgIpc) is 3.46. The van der Waals surface area contributed by atoms with Crippen LogP contribution in [0.5, 0.6) is 0 Å². The van der Waals surface area contributed by atoms with Crippen LogP contribution in [0.25, 0.3) is 16.9 Å². The molecule has 0 bridgehead atoms. The number of nitriles is 1. The van der Waals surface area contributed by atoms with Crippen molar-refractivity contribution in [2.24, 2.45) is 0 Å². The van der Waals surface area contributed by atoms with Gasteiger partial charge in [0.25, 0.3) is 5.56 Å². The van der Waals surface area contributed by atoms with Crippen LogP contribution < -0.4 is 5.56 Å². The molecule has 2 aromatic heterocycles. The molecule has 1 aliphatic rings. The number of hydrogen-bond donors (Lipinski definition) is 1. The standard InChI is InChI=1S/C20H18N4O3S/c1-12-19(15-5-3-13(10-21)4-6-15)20(25)24(23-12)18-9-16(14-7-8-14)17(11-22-18)28(2,26)27/h3-6,9,11,14,23H,7-8H2,1-2H3. The fraction of sp³-hybridized carbons (Fsp3) is 0.250. The van der Waals surface area contributed by atoms with Crippen LogP contribution in [0.3, 0.4) is 0 Å². The molecule has 1 aliphatic carbocycles. The molecule has 28 heavy (non-hydrogen) atoms. The minimum Gasteiger partial charge on any atom is -0.293 e. The fourth-order valence-corrected chi connectivity index (χ4v) is 4.25. The van der Waals surface area contributed by atoms with Gasteiger partial charge in [-0.2, -0.15) is 5.26 Å². The third-order valence-corrected chi connectivity index (χ3v) is 6.04. The number of H-pyrrole nitrogens is 1. The van der Waals surface area contributed by atoms with Crippen LogP contribution >= 0.6 is 0 Å². The topological polar surface area (TPSA) is 109 Å². The maximum Gasteiger partial charge on any atom is 0.280 e. The summed E-state index contributed by atoms with van der Waals surface area (Å²) in [5, 5.41) is 12.0. The van der Waals surface area contributed by atoms with Gasteiger partial charge < -0.3 is 0 Å². The molecule has 1 saturated carbocycles. The number of rotatable bonds is 4. The molecule has 1 aromatic carbocycles. The molecule has 0 unspecified atom stereocenters. The third-order valence-electron chi connectivity index (χ3n) is 4.90. The summed E-state index contributed by atoms with van der Waals surface area (Å²) in [6.45, 7) is 1.79. The van der Waals surface area contributed by atoms with Crippen LogP contribution in [0.2, 0.25) is 0 Å². The van der Waals surface area contributed by atoms with Crippen molar-refractivity contribution < 1.29 is 8.42 Å². The van der Waals surface area contributed by atoms with Gasteiger partial charge in [0, 0.05) is 18.1 Å². The third kappa shape index (κ3) is 3.14. The zero-order valence-corrected chi connectivity index (χ0v) is 16.2. The molecule has 0 aliphatic heterocycles. The first-order chi connectivity index (χ1) is 13.3. The fourth-order valence-electron chi connectivity index (χ4n) is 3.35. The van der Waals surface area contributed by atoms with Gasteiger partial charge in [-0.1, -0.05) is 12.1 Å². The molecule has 0 saturated heterocycles. The van der Waals surface area contributed by atoms with Crippen LogP contribution in [0.15, 0.2) is 46.2 Å². The summed E-state index contributed by atoms with van der Waals surface area (Å²) in [5.41, 5.74) is 2.81. The maximum atomic E-state index is 13.0. The second-order valence-electron chi connectivity index (χ2n) is 7.07. The van der Waals surface area contributed by atoms with E-state index < -0.39 is 9.84 Å². The van der Waals surface area contributed by atoms with Gasteiger partial charge in [0.15, 0.2) is 15.7 Å². The highest BCUT2D eigenvalue weighted by Crippen LogP contribution is 2.43. The number of aromatic amines is 1. The van der Waals surface area contributed by atoms with Crippen LogP contribution in [-0.4, -0.2) is 29.4 Å². The number of nitrogens with one attached hydrogen (secondary N) is 1. The Balaban J connectivity index is 1.84. The Hall–Kier alpha value is -3.18. The molecule has 0 spiro atoms. The largest absolute Gasteiger partial charge is 0.293 e. The number of aryl methyl sites for hydroxylation is 1. The van der Waals surface area contributed by atoms with Crippen LogP contribution in [0.1, 0.15) is 35.6 Å². The molecule has 0 atom stereocenters. The summed E-state index contributed by atoms with van der Waals surface area (Å²) >= 11 is 0. The number of sulfone groups is 1. The highest BCUT2D eigenvalue weighted by Gasteiger charge is 2.30. The number of nitrogens with zero attached hydrogens (tertiary/aromatic N) is 3. The quantitative estimate of drug-likeness (QED) is 0.732. The van der Waals surface area contributed by atoms with E-state index in [1.807, 2.05) is 0 Å². The molecule has 0 radical (unpaired) electrons. The summed E-state index contributed by atoms with van der Waals surface area (Å²) in [4.78, 5) is 17.5. The normalized spacial score (nSPS) is 14.0. The Morgan fingerprint density at radius 2 is 1.93 bits per heavy atom. The molecule has 8 heteroatoms. The molecule has 2 heterocycles. The van der Waals surface area contributed by atoms with E-state index in [1.165, 1.54) is 17.1 Å². The van der Waals surface area contributed by atoms with Crippen molar-refractivity contribution in [3.05, 3.63) is 63.7 Å². The highest BCUT2D eigenvalue weighted by molar-refractivity contribution is 7.90. The lowest BCUT2D eigenvalue weighted by Crippen LogP contribution is -2.18. The molecule has 1 fully saturated rings. The van der Waals surface area contributed by atoms with E-state index in [4.69, 9.17) is 5.26 Å². The van der Waals surface area contributed by atoms with Crippen molar-refractivity contribution in [3.8, 4) is 23.0 Å². The van der Waals surface area contributed by atoms with Gasteiger partial charge in [-0.05, 0) is 55.0 Å². The van der Waals surface area contributed by atoms with Crippen molar-refractivity contribution in [2.75, 3.05) is 6.26 Å². The van der Waals surface area contributed by atoms with Crippen molar-refractivity contribution in [2.45, 2.75) is 30.6 Å². The summed E-state index contributed by atoms with van der Waals surface area (Å²) < 4.78 is 25.4. The Morgan fingerprint density at radius 1 is 1.25 bits per heavy atom. The van der Waals surface area contributed by atoms with Crippen molar-refractivity contribution in [1.29, 1.82) is 5.26 Å². The Bertz CT molecular complexity index is 1270. The predicted molar refractivity (Wildman–Crippen MR) is 104 cm³/mol. The van der Waals surface area contributed by atoms with Gasteiger partial charge in [0.05, 0.1) is 22.1 Å². The Kier molecular flexibility index (Phi) is 4.20. The molecule has 1 N–H and O–H groups in total. The molecule has 3 aromatic rings. The highest BCUT2D eigenvalue weighted by atomic mass is 32.2. The predicted octanol–water partition coefficient (Wildman–Crippen LogP) is 2.69. The molecule has 4 rings (SSSR count). The summed E-state index contributed by atoms with van der Waals surface area (Å²) in [6, 6.07) is 10.5. The van der Waals surface area contributed by atoms with E-state index in [-0.39, 0.29) is 16.4 Å². The lowest BCUT2D eigenvalue weighted by Gasteiger charge is -2.09. The number of benzene rings is 1. The first kappa shape index (κ1) is 18.2.